The average Bonchev–Trinajstić information content (AvgIpc) is 2.57. The highest BCUT2D eigenvalue weighted by Gasteiger charge is 2.24. The van der Waals surface area contributed by atoms with Crippen LogP contribution in [0.2, 0.25) is 0 Å². The normalized spacial score (nSPS) is 13.3. The van der Waals surface area contributed by atoms with Gasteiger partial charge in [0.05, 0.1) is 32.8 Å². The van der Waals surface area contributed by atoms with E-state index in [-0.39, 0.29) is 30.3 Å². The first-order chi connectivity index (χ1) is 11.5. The summed E-state index contributed by atoms with van der Waals surface area (Å²) < 4.78 is 15.8. The van der Waals surface area contributed by atoms with Crippen LogP contribution in [0.4, 0.5) is 0 Å². The van der Waals surface area contributed by atoms with E-state index in [0.717, 1.165) is 19.4 Å². The fraction of sp³-hybridized carbons (Fsp3) is 0.882. The molecule has 0 aliphatic heterocycles. The van der Waals surface area contributed by atoms with Crippen molar-refractivity contribution in [3.8, 4) is 0 Å². The van der Waals surface area contributed by atoms with Crippen LogP contribution in [-0.4, -0.2) is 65.0 Å². The Labute approximate surface area is 145 Å². The number of hydrogen-bond donors (Lipinski definition) is 2. The third kappa shape index (κ3) is 12.3. The van der Waals surface area contributed by atoms with E-state index >= 15 is 0 Å². The molecule has 0 fully saturated rings. The molecular formula is C17H34N2O5. The van der Waals surface area contributed by atoms with Gasteiger partial charge in [0.2, 0.25) is 0 Å². The van der Waals surface area contributed by atoms with Gasteiger partial charge in [-0.2, -0.15) is 0 Å². The van der Waals surface area contributed by atoms with Gasteiger partial charge in [0.1, 0.15) is 0 Å². The van der Waals surface area contributed by atoms with Crippen LogP contribution in [0.5, 0.6) is 0 Å². The van der Waals surface area contributed by atoms with Crippen LogP contribution < -0.4 is 10.6 Å². The monoisotopic (exact) mass is 346 g/mol. The molecule has 0 aromatic carbocycles. The third-order valence-electron chi connectivity index (χ3n) is 3.68. The number of ether oxygens (including phenoxy) is 3. The second-order valence-corrected chi connectivity index (χ2v) is 6.07. The van der Waals surface area contributed by atoms with E-state index in [9.17, 15) is 9.59 Å². The molecular weight excluding hydrogens is 312 g/mol. The zero-order chi connectivity index (χ0) is 18.3. The topological polar surface area (TPSA) is 85.9 Å². The fourth-order valence-electron chi connectivity index (χ4n) is 1.84. The van der Waals surface area contributed by atoms with Crippen LogP contribution >= 0.6 is 0 Å². The lowest BCUT2D eigenvalue weighted by molar-refractivity contribution is -0.148. The molecule has 0 amide bonds. The molecule has 1 unspecified atom stereocenters. The van der Waals surface area contributed by atoms with E-state index in [4.69, 9.17) is 14.2 Å². The van der Waals surface area contributed by atoms with Gasteiger partial charge in [-0.3, -0.25) is 9.59 Å². The van der Waals surface area contributed by atoms with Gasteiger partial charge in [-0.15, -0.1) is 0 Å². The minimum absolute atomic E-state index is 0.0855. The zero-order valence-corrected chi connectivity index (χ0v) is 15.6. The van der Waals surface area contributed by atoms with Gasteiger partial charge >= 0.3 is 11.9 Å². The Hall–Kier alpha value is -1.18. The van der Waals surface area contributed by atoms with Gasteiger partial charge in [0.25, 0.3) is 0 Å². The third-order valence-corrected chi connectivity index (χ3v) is 3.68. The summed E-state index contributed by atoms with van der Waals surface area (Å²) in [7, 11) is 1.91. The number of carbonyl (C=O) groups is 2. The summed E-state index contributed by atoms with van der Waals surface area (Å²) in [5.74, 6) is -0.596. The lowest BCUT2D eigenvalue weighted by atomic mass is 9.90. The number of carbonyl (C=O) groups excluding carboxylic acids is 2. The molecule has 0 bridgehead atoms. The molecule has 0 spiro atoms. The molecule has 1 atom stereocenters. The average molecular weight is 346 g/mol. The summed E-state index contributed by atoms with van der Waals surface area (Å²) in [5, 5.41) is 5.95. The summed E-state index contributed by atoms with van der Waals surface area (Å²) >= 11 is 0. The van der Waals surface area contributed by atoms with Crippen molar-refractivity contribution >= 4 is 11.9 Å². The fourth-order valence-corrected chi connectivity index (χ4v) is 1.84. The molecule has 0 aliphatic rings. The van der Waals surface area contributed by atoms with Crippen molar-refractivity contribution in [2.45, 2.75) is 40.0 Å². The molecule has 0 aliphatic carbocycles. The second-order valence-electron chi connectivity index (χ2n) is 6.07. The van der Waals surface area contributed by atoms with Gasteiger partial charge in [-0.25, -0.2) is 0 Å². The predicted molar refractivity (Wildman–Crippen MR) is 92.8 cm³/mol. The Kier molecular flexibility index (Phi) is 13.5. The van der Waals surface area contributed by atoms with E-state index in [0.29, 0.717) is 33.0 Å². The molecule has 7 nitrogen and oxygen atoms in total. The maximum Gasteiger partial charge on any atom is 0.319 e. The van der Waals surface area contributed by atoms with Crippen molar-refractivity contribution in [1.29, 1.82) is 0 Å². The Morgan fingerprint density at radius 3 is 2.42 bits per heavy atom. The van der Waals surface area contributed by atoms with Crippen LogP contribution in [-0.2, 0) is 23.8 Å². The number of nitrogens with one attached hydrogen (secondary N) is 2. The minimum Gasteiger partial charge on any atom is -0.466 e. The lowest BCUT2D eigenvalue weighted by Gasteiger charge is -2.27. The van der Waals surface area contributed by atoms with Crippen LogP contribution in [0.1, 0.15) is 40.0 Å². The van der Waals surface area contributed by atoms with Crippen LogP contribution in [0, 0.1) is 5.41 Å². The summed E-state index contributed by atoms with van der Waals surface area (Å²) in [4.78, 5) is 22.9. The van der Waals surface area contributed by atoms with E-state index in [1.54, 1.807) is 6.92 Å². The Morgan fingerprint density at radius 1 is 1.04 bits per heavy atom. The van der Waals surface area contributed by atoms with Crippen molar-refractivity contribution in [3.05, 3.63) is 0 Å². The molecule has 0 saturated heterocycles. The van der Waals surface area contributed by atoms with Crippen LogP contribution in [0.25, 0.3) is 0 Å². The minimum atomic E-state index is -0.325. The van der Waals surface area contributed by atoms with Gasteiger partial charge in [0.15, 0.2) is 0 Å². The first-order valence-electron chi connectivity index (χ1n) is 8.71. The molecule has 7 heteroatoms. The van der Waals surface area contributed by atoms with Gasteiger partial charge in [0, 0.05) is 18.6 Å². The van der Waals surface area contributed by atoms with Crippen LogP contribution in [0.3, 0.4) is 0 Å². The molecule has 0 radical (unpaired) electrons. The highest BCUT2D eigenvalue weighted by Crippen LogP contribution is 2.22. The summed E-state index contributed by atoms with van der Waals surface area (Å²) in [6, 6.07) is 0. The number of esters is 2. The summed E-state index contributed by atoms with van der Waals surface area (Å²) in [5.41, 5.74) is -0.180. The van der Waals surface area contributed by atoms with Gasteiger partial charge < -0.3 is 24.8 Å². The van der Waals surface area contributed by atoms with Crippen molar-refractivity contribution in [2.75, 3.05) is 53.1 Å². The molecule has 0 saturated carbocycles. The quantitative estimate of drug-likeness (QED) is 0.339. The SMILES string of the molecule is CCOC(=O)CCNCC(=O)OCC(C)(CC)COCCCNC. The van der Waals surface area contributed by atoms with Crippen molar-refractivity contribution in [3.63, 3.8) is 0 Å². The standard InChI is InChI=1S/C17H34N2O5/c1-5-17(3,13-22-11-7-9-18-4)14-24-16(21)12-19-10-8-15(20)23-6-2/h18-19H,5-14H2,1-4H3. The van der Waals surface area contributed by atoms with Crippen molar-refractivity contribution in [2.24, 2.45) is 5.41 Å². The molecule has 142 valence electrons. The molecule has 24 heavy (non-hydrogen) atoms. The first kappa shape index (κ1) is 22.8. The van der Waals surface area contributed by atoms with Crippen LogP contribution in [0.15, 0.2) is 0 Å². The van der Waals surface area contributed by atoms with E-state index in [2.05, 4.69) is 17.6 Å². The first-order valence-corrected chi connectivity index (χ1v) is 8.71. The second kappa shape index (κ2) is 14.2. The summed E-state index contributed by atoms with van der Waals surface area (Å²) in [6.45, 7) is 9.23. The highest BCUT2D eigenvalue weighted by molar-refractivity contribution is 5.72. The van der Waals surface area contributed by atoms with E-state index in [1.807, 2.05) is 14.0 Å². The van der Waals surface area contributed by atoms with E-state index < -0.39 is 0 Å². The number of rotatable bonds is 15. The van der Waals surface area contributed by atoms with Crippen molar-refractivity contribution < 1.29 is 23.8 Å². The lowest BCUT2D eigenvalue weighted by Crippen LogP contribution is -2.33. The van der Waals surface area contributed by atoms with E-state index in [1.165, 1.54) is 0 Å². The molecule has 2 N–H and O–H groups in total. The Balaban J connectivity index is 3.84. The maximum atomic E-state index is 11.7. The Morgan fingerprint density at radius 2 is 1.79 bits per heavy atom. The van der Waals surface area contributed by atoms with Crippen molar-refractivity contribution in [1.82, 2.24) is 10.6 Å². The highest BCUT2D eigenvalue weighted by atomic mass is 16.5. The molecule has 0 aromatic rings. The molecule has 0 rings (SSSR count). The largest absolute Gasteiger partial charge is 0.466 e. The maximum absolute atomic E-state index is 11.7. The molecule has 0 heterocycles. The Bertz CT molecular complexity index is 352. The van der Waals surface area contributed by atoms with Gasteiger partial charge in [-0.1, -0.05) is 13.8 Å². The predicted octanol–water partition coefficient (Wildman–Crippen LogP) is 1.11. The zero-order valence-electron chi connectivity index (χ0n) is 15.6. The molecule has 0 aromatic heterocycles. The number of hydrogen-bond acceptors (Lipinski definition) is 7. The van der Waals surface area contributed by atoms with Gasteiger partial charge in [-0.05, 0) is 33.4 Å². The smallest absolute Gasteiger partial charge is 0.319 e. The summed E-state index contributed by atoms with van der Waals surface area (Å²) in [6.07, 6.45) is 2.07.